The maximum atomic E-state index is 12.1. The van der Waals surface area contributed by atoms with Crippen LogP contribution in [0.2, 0.25) is 0 Å². The van der Waals surface area contributed by atoms with Gasteiger partial charge in [-0.05, 0) is 30.7 Å². The number of benzene rings is 1. The van der Waals surface area contributed by atoms with E-state index >= 15 is 0 Å². The largest absolute Gasteiger partial charge is 0.454 e. The summed E-state index contributed by atoms with van der Waals surface area (Å²) in [5, 5.41) is 13.6. The fourth-order valence-electron chi connectivity index (χ4n) is 6.41. The number of carbonyl (C=O) groups excluding carboxylic acids is 2. The number of hydrogen-bond acceptors (Lipinski definition) is 14. The molecule has 0 aliphatic carbocycles. The van der Waals surface area contributed by atoms with Crippen molar-refractivity contribution < 1.29 is 33.3 Å². The van der Waals surface area contributed by atoms with Gasteiger partial charge in [-0.3, -0.25) is 4.79 Å². The molecule has 5 heterocycles. The number of fused-ring (bicyclic) bond motifs is 3. The molecule has 3 aliphatic heterocycles. The summed E-state index contributed by atoms with van der Waals surface area (Å²) in [5.41, 5.74) is 8.82. The highest BCUT2D eigenvalue weighted by molar-refractivity contribution is 8.00. The minimum atomic E-state index is -0.0604. The van der Waals surface area contributed by atoms with E-state index in [1.54, 1.807) is 18.0 Å². The fourth-order valence-corrected chi connectivity index (χ4v) is 9.10. The Balaban J connectivity index is 0.785. The Kier molecular flexibility index (Phi) is 14.4. The molecular formula is C35H51N9O7S2. The number of pyridine rings is 1. The van der Waals surface area contributed by atoms with Gasteiger partial charge in [0, 0.05) is 80.9 Å². The van der Waals surface area contributed by atoms with E-state index in [4.69, 9.17) is 34.4 Å². The molecule has 3 amide bonds. The number of thioether (sulfide) groups is 1. The Labute approximate surface area is 318 Å². The first kappa shape index (κ1) is 39.0. The molecule has 2 aromatic heterocycles. The topological polar surface area (TPSA) is 188 Å². The number of urea groups is 1. The number of nitrogens with zero attached hydrogens (tertiary/aromatic N) is 4. The van der Waals surface area contributed by atoms with Crippen molar-refractivity contribution in [1.29, 1.82) is 0 Å². The van der Waals surface area contributed by atoms with Gasteiger partial charge >= 0.3 is 6.03 Å². The maximum absolute atomic E-state index is 12.1. The van der Waals surface area contributed by atoms with Crippen molar-refractivity contribution in [3.05, 3.63) is 24.4 Å². The fraction of sp³-hybridized carbons (Fsp3) is 0.600. The smallest absolute Gasteiger partial charge is 0.315 e. The molecule has 3 aromatic rings. The van der Waals surface area contributed by atoms with Gasteiger partial charge in [0.25, 0.3) is 0 Å². The van der Waals surface area contributed by atoms with E-state index in [0.717, 1.165) is 57.8 Å². The van der Waals surface area contributed by atoms with E-state index in [-0.39, 0.29) is 30.8 Å². The predicted octanol–water partition coefficient (Wildman–Crippen LogP) is 2.44. The number of nitrogen functional groups attached to an aromatic ring is 1. The van der Waals surface area contributed by atoms with Crippen molar-refractivity contribution >= 4 is 58.0 Å². The first-order valence-corrected chi connectivity index (χ1v) is 20.0. The zero-order valence-electron chi connectivity index (χ0n) is 30.4. The van der Waals surface area contributed by atoms with Crippen LogP contribution in [0.5, 0.6) is 11.5 Å². The summed E-state index contributed by atoms with van der Waals surface area (Å²) >= 11 is 3.46. The third-order valence-corrected chi connectivity index (χ3v) is 11.7. The number of nitrogens with one attached hydrogen (secondary N) is 4. The first-order chi connectivity index (χ1) is 25.9. The molecule has 290 valence electrons. The normalized spacial score (nSPS) is 18.7. The maximum Gasteiger partial charge on any atom is 0.315 e. The number of carbonyl (C=O) groups is 2. The highest BCUT2D eigenvalue weighted by Gasteiger charge is 2.42. The number of aromatic nitrogens is 3. The van der Waals surface area contributed by atoms with Gasteiger partial charge in [-0.2, -0.15) is 11.8 Å². The summed E-state index contributed by atoms with van der Waals surface area (Å²) in [7, 11) is 4.00. The van der Waals surface area contributed by atoms with Crippen LogP contribution in [0.3, 0.4) is 0 Å². The number of unbranched alkanes of at least 4 members (excludes halogenated alkanes) is 1. The lowest BCUT2D eigenvalue weighted by molar-refractivity contribution is -0.121. The highest BCUT2D eigenvalue weighted by Crippen LogP contribution is 2.44. The van der Waals surface area contributed by atoms with Gasteiger partial charge < -0.3 is 60.2 Å². The second kappa shape index (κ2) is 19.6. The SMILES string of the molecule is CN(C)c1cc2c(cc1Sc1nc3c(N)nccc3n1CCNCCOCCOCCOCCNC(=O)CCCC[C@@H]1SC[C@@H]3NC(=O)N[C@@H]31)OCO2. The van der Waals surface area contributed by atoms with E-state index in [1.165, 1.54) is 0 Å². The lowest BCUT2D eigenvalue weighted by Crippen LogP contribution is -2.36. The van der Waals surface area contributed by atoms with Gasteiger partial charge in [-0.25, -0.2) is 14.8 Å². The minimum Gasteiger partial charge on any atom is -0.454 e. The van der Waals surface area contributed by atoms with Crippen LogP contribution in [0.25, 0.3) is 11.0 Å². The van der Waals surface area contributed by atoms with Gasteiger partial charge in [0.15, 0.2) is 22.5 Å². The van der Waals surface area contributed by atoms with Crippen LogP contribution in [-0.2, 0) is 25.5 Å². The molecule has 3 aliphatic rings. The Bertz CT molecular complexity index is 1680. The lowest BCUT2D eigenvalue weighted by atomic mass is 10.0. The van der Waals surface area contributed by atoms with Gasteiger partial charge in [-0.15, -0.1) is 0 Å². The average Bonchev–Trinajstić information content (AvgIpc) is 3.92. The molecule has 6 N–H and O–H groups in total. The zero-order valence-corrected chi connectivity index (χ0v) is 32.0. The second-order valence-corrected chi connectivity index (χ2v) is 15.4. The summed E-state index contributed by atoms with van der Waals surface area (Å²) in [6, 6.07) is 6.33. The van der Waals surface area contributed by atoms with E-state index in [1.807, 2.05) is 49.0 Å². The highest BCUT2D eigenvalue weighted by atomic mass is 32.2. The number of hydrogen-bond donors (Lipinski definition) is 5. The van der Waals surface area contributed by atoms with Crippen molar-refractivity contribution in [1.82, 2.24) is 35.8 Å². The Morgan fingerprint density at radius 1 is 1.06 bits per heavy atom. The van der Waals surface area contributed by atoms with Crippen LogP contribution in [0.1, 0.15) is 25.7 Å². The van der Waals surface area contributed by atoms with Gasteiger partial charge in [0.1, 0.15) is 5.52 Å². The second-order valence-electron chi connectivity index (χ2n) is 13.1. The summed E-state index contributed by atoms with van der Waals surface area (Å²) in [5.74, 6) is 2.85. The molecule has 18 heteroatoms. The monoisotopic (exact) mass is 773 g/mol. The van der Waals surface area contributed by atoms with Crippen LogP contribution >= 0.6 is 23.5 Å². The Hall–Kier alpha value is -3.68. The molecular weight excluding hydrogens is 723 g/mol. The number of ether oxygens (including phenoxy) is 5. The summed E-state index contributed by atoms with van der Waals surface area (Å²) in [6.07, 6.45) is 5.03. The van der Waals surface area contributed by atoms with E-state index in [2.05, 4.69) is 30.8 Å². The molecule has 0 radical (unpaired) electrons. The summed E-state index contributed by atoms with van der Waals surface area (Å²) < 4.78 is 30.3. The van der Waals surface area contributed by atoms with Crippen LogP contribution in [0.15, 0.2) is 34.4 Å². The lowest BCUT2D eigenvalue weighted by Gasteiger charge is -2.18. The van der Waals surface area contributed by atoms with Crippen molar-refractivity contribution in [2.24, 2.45) is 0 Å². The Morgan fingerprint density at radius 2 is 1.81 bits per heavy atom. The molecule has 0 saturated carbocycles. The molecule has 6 rings (SSSR count). The number of rotatable bonds is 23. The minimum absolute atomic E-state index is 0.0438. The van der Waals surface area contributed by atoms with Crippen molar-refractivity contribution in [2.75, 3.05) is 96.6 Å². The van der Waals surface area contributed by atoms with E-state index in [0.29, 0.717) is 88.8 Å². The Morgan fingerprint density at radius 3 is 2.60 bits per heavy atom. The number of nitrogens with two attached hydrogens (primary N) is 1. The molecule has 0 bridgehead atoms. The van der Waals surface area contributed by atoms with Crippen LogP contribution < -0.4 is 41.4 Å². The zero-order chi connectivity index (χ0) is 37.0. The molecule has 3 atom stereocenters. The van der Waals surface area contributed by atoms with Crippen molar-refractivity contribution in [2.45, 2.75) is 59.6 Å². The van der Waals surface area contributed by atoms with Gasteiger partial charge in [0.05, 0.1) is 62.9 Å². The van der Waals surface area contributed by atoms with Gasteiger partial charge in [-0.1, -0.05) is 6.42 Å². The number of anilines is 2. The molecule has 0 spiro atoms. The van der Waals surface area contributed by atoms with E-state index < -0.39 is 0 Å². The third kappa shape index (κ3) is 10.7. The molecule has 16 nitrogen and oxygen atoms in total. The number of amides is 3. The van der Waals surface area contributed by atoms with Crippen LogP contribution in [-0.4, -0.2) is 130 Å². The molecule has 0 unspecified atom stereocenters. The molecule has 2 saturated heterocycles. The molecule has 1 aromatic carbocycles. The van der Waals surface area contributed by atoms with E-state index in [9.17, 15) is 9.59 Å². The predicted molar refractivity (Wildman–Crippen MR) is 205 cm³/mol. The number of imidazole rings is 1. The van der Waals surface area contributed by atoms with Crippen molar-refractivity contribution in [3.8, 4) is 11.5 Å². The first-order valence-electron chi connectivity index (χ1n) is 18.2. The average molecular weight is 774 g/mol. The molecule has 53 heavy (non-hydrogen) atoms. The van der Waals surface area contributed by atoms with Crippen LogP contribution in [0.4, 0.5) is 16.3 Å². The molecule has 2 fully saturated rings. The third-order valence-electron chi connectivity index (χ3n) is 9.13. The van der Waals surface area contributed by atoms with Crippen molar-refractivity contribution in [3.63, 3.8) is 0 Å². The summed E-state index contributed by atoms with van der Waals surface area (Å²) in [6.45, 7) is 5.68. The van der Waals surface area contributed by atoms with Gasteiger partial charge in [0.2, 0.25) is 12.7 Å². The van der Waals surface area contributed by atoms with Crippen LogP contribution in [0, 0.1) is 0 Å². The quantitative estimate of drug-likeness (QED) is 0.0699. The standard InChI is InChI=1S/C35H51N9O7S2/c1-43(2)25-19-26-27(51-22-50-26)20-29(25)53-35-42-32-24(7-8-39-33(32)36)44(35)12-9-37-10-13-47-15-17-49-18-16-48-14-11-38-30(45)6-4-3-5-28-31-23(21-52-28)40-34(46)41-31/h7-8,19-20,23,28,31,37H,3-6,9-18,21-22H2,1-2H3,(H2,36,39)(H,38,45)(H2,40,41,46)/t23-,28-,31-/m0/s1. The summed E-state index contributed by atoms with van der Waals surface area (Å²) in [4.78, 5) is 35.8.